The van der Waals surface area contributed by atoms with Gasteiger partial charge in [-0.2, -0.15) is 13.2 Å². The fourth-order valence-electron chi connectivity index (χ4n) is 3.49. The number of piperidine rings is 1. The van der Waals surface area contributed by atoms with Crippen LogP contribution in [0, 0.1) is 5.92 Å². The Morgan fingerprint density at radius 1 is 1.20 bits per heavy atom. The highest BCUT2D eigenvalue weighted by atomic mass is 19.4. The quantitative estimate of drug-likeness (QED) is 0.865. The first-order chi connectivity index (χ1) is 11.9. The lowest BCUT2D eigenvalue weighted by atomic mass is 9.90. The first-order valence-electron chi connectivity index (χ1n) is 8.53. The molecule has 0 radical (unpaired) electrons. The molecule has 6 heteroatoms. The van der Waals surface area contributed by atoms with Crippen LogP contribution in [-0.4, -0.2) is 28.9 Å². The number of nitrogens with one attached hydrogen (secondary N) is 1. The number of hydrogen-bond acceptors (Lipinski definition) is 1. The summed E-state index contributed by atoms with van der Waals surface area (Å²) >= 11 is 0. The maximum absolute atomic E-state index is 13.1. The molecule has 1 aromatic heterocycles. The largest absolute Gasteiger partial charge is 0.416 e. The second kappa shape index (κ2) is 7.33. The van der Waals surface area contributed by atoms with Gasteiger partial charge in [-0.05, 0) is 55.4 Å². The number of amides is 1. The van der Waals surface area contributed by atoms with Crippen molar-refractivity contribution >= 4 is 5.91 Å². The number of aryl methyl sites for hydroxylation is 1. The molecule has 134 valence electrons. The molecule has 0 saturated carbocycles. The molecule has 1 N–H and O–H groups in total. The smallest absolute Gasteiger partial charge is 0.357 e. The third-order valence-electron chi connectivity index (χ3n) is 4.78. The molecule has 1 amide bonds. The van der Waals surface area contributed by atoms with Crippen LogP contribution in [0.15, 0.2) is 42.6 Å². The van der Waals surface area contributed by atoms with Crippen LogP contribution in [0.3, 0.4) is 0 Å². The highest BCUT2D eigenvalue weighted by Gasteiger charge is 2.33. The van der Waals surface area contributed by atoms with Crippen molar-refractivity contribution in [2.75, 3.05) is 13.1 Å². The molecule has 1 saturated heterocycles. The Balaban J connectivity index is 1.62. The van der Waals surface area contributed by atoms with E-state index in [2.05, 4.69) is 4.98 Å². The number of likely N-dealkylation sites (tertiary alicyclic amines) is 1. The van der Waals surface area contributed by atoms with Crippen molar-refractivity contribution in [1.29, 1.82) is 0 Å². The Morgan fingerprint density at radius 3 is 2.72 bits per heavy atom. The third kappa shape index (κ3) is 4.24. The van der Waals surface area contributed by atoms with Gasteiger partial charge in [0, 0.05) is 19.3 Å². The Bertz CT molecular complexity index is 710. The first-order valence-corrected chi connectivity index (χ1v) is 8.53. The van der Waals surface area contributed by atoms with E-state index in [1.54, 1.807) is 35.4 Å². The number of carbonyl (C=O) groups excluding carboxylic acids is 1. The topological polar surface area (TPSA) is 36.1 Å². The molecule has 0 spiro atoms. The van der Waals surface area contributed by atoms with Crippen molar-refractivity contribution in [3.05, 3.63) is 59.4 Å². The van der Waals surface area contributed by atoms with Crippen LogP contribution < -0.4 is 0 Å². The summed E-state index contributed by atoms with van der Waals surface area (Å²) in [5, 5.41) is 0. The molecule has 1 aromatic carbocycles. The lowest BCUT2D eigenvalue weighted by Gasteiger charge is -2.32. The molecule has 1 unspecified atom stereocenters. The van der Waals surface area contributed by atoms with Gasteiger partial charge in [0.05, 0.1) is 5.56 Å². The zero-order valence-corrected chi connectivity index (χ0v) is 13.9. The van der Waals surface area contributed by atoms with Crippen LogP contribution in [-0.2, 0) is 12.6 Å². The van der Waals surface area contributed by atoms with Gasteiger partial charge in [0.25, 0.3) is 5.91 Å². The van der Waals surface area contributed by atoms with Crippen LogP contribution >= 0.6 is 0 Å². The van der Waals surface area contributed by atoms with Crippen molar-refractivity contribution in [3.63, 3.8) is 0 Å². The summed E-state index contributed by atoms with van der Waals surface area (Å²) in [6.07, 6.45) is 0.259. The molecule has 0 bridgehead atoms. The molecule has 25 heavy (non-hydrogen) atoms. The maximum Gasteiger partial charge on any atom is 0.416 e. The Morgan fingerprint density at radius 2 is 2.00 bits per heavy atom. The predicted molar refractivity (Wildman–Crippen MR) is 89.2 cm³/mol. The van der Waals surface area contributed by atoms with Gasteiger partial charge in [0.2, 0.25) is 0 Å². The number of halogens is 3. The lowest BCUT2D eigenvalue weighted by Crippen LogP contribution is -2.40. The van der Waals surface area contributed by atoms with Crippen LogP contribution in [0.4, 0.5) is 13.2 Å². The SMILES string of the molecule is O=C(c1ccc[nH]1)N1CCCC(CCc2ccccc2C(F)(F)F)C1. The number of nitrogens with zero attached hydrogens (tertiary/aromatic N) is 1. The van der Waals surface area contributed by atoms with E-state index in [0.29, 0.717) is 37.2 Å². The van der Waals surface area contributed by atoms with Crippen LogP contribution in [0.25, 0.3) is 0 Å². The summed E-state index contributed by atoms with van der Waals surface area (Å²) in [5.74, 6) is 0.194. The van der Waals surface area contributed by atoms with Gasteiger partial charge in [-0.15, -0.1) is 0 Å². The molecule has 0 aliphatic carbocycles. The second-order valence-electron chi connectivity index (χ2n) is 6.54. The van der Waals surface area contributed by atoms with E-state index in [9.17, 15) is 18.0 Å². The molecule has 1 atom stereocenters. The molecule has 1 aliphatic rings. The fraction of sp³-hybridized carbons (Fsp3) is 0.421. The van der Waals surface area contributed by atoms with E-state index in [1.807, 2.05) is 0 Å². The van der Waals surface area contributed by atoms with Crippen LogP contribution in [0.5, 0.6) is 0 Å². The van der Waals surface area contributed by atoms with E-state index < -0.39 is 11.7 Å². The summed E-state index contributed by atoms with van der Waals surface area (Å²) in [6, 6.07) is 9.27. The average molecular weight is 350 g/mol. The zero-order chi connectivity index (χ0) is 17.9. The van der Waals surface area contributed by atoms with E-state index >= 15 is 0 Å². The Labute approximate surface area is 144 Å². The molecule has 1 fully saturated rings. The zero-order valence-electron chi connectivity index (χ0n) is 13.9. The minimum atomic E-state index is -4.32. The normalized spacial score (nSPS) is 18.4. The first kappa shape index (κ1) is 17.6. The molecule has 1 aliphatic heterocycles. The molecule has 3 nitrogen and oxygen atoms in total. The van der Waals surface area contributed by atoms with Gasteiger partial charge >= 0.3 is 6.18 Å². The summed E-state index contributed by atoms with van der Waals surface area (Å²) in [5.41, 5.74) is 0.344. The number of aromatic amines is 1. The number of benzene rings is 1. The van der Waals surface area contributed by atoms with E-state index in [1.165, 1.54) is 6.07 Å². The van der Waals surface area contributed by atoms with E-state index in [0.717, 1.165) is 18.9 Å². The predicted octanol–water partition coefficient (Wildman–Crippen LogP) is 4.52. The van der Waals surface area contributed by atoms with Crippen molar-refractivity contribution in [2.45, 2.75) is 31.9 Å². The standard InChI is InChI=1S/C19H21F3N2O/c20-19(21,22)16-7-2-1-6-15(16)10-9-14-5-4-12-24(13-14)18(25)17-8-3-11-23-17/h1-3,6-8,11,14,23H,4-5,9-10,12-13H2. The van der Waals surface area contributed by atoms with Gasteiger partial charge in [0.15, 0.2) is 0 Å². The van der Waals surface area contributed by atoms with Crippen LogP contribution in [0.1, 0.15) is 40.9 Å². The minimum absolute atomic E-state index is 0.0367. The van der Waals surface area contributed by atoms with E-state index in [-0.39, 0.29) is 11.8 Å². The van der Waals surface area contributed by atoms with Gasteiger partial charge in [-0.1, -0.05) is 18.2 Å². The molecule has 3 rings (SSSR count). The maximum atomic E-state index is 13.1. The number of H-pyrrole nitrogens is 1. The molecule has 2 aromatic rings. The second-order valence-corrected chi connectivity index (χ2v) is 6.54. The van der Waals surface area contributed by atoms with E-state index in [4.69, 9.17) is 0 Å². The minimum Gasteiger partial charge on any atom is -0.357 e. The number of carbonyl (C=O) groups is 1. The monoisotopic (exact) mass is 350 g/mol. The van der Waals surface area contributed by atoms with Gasteiger partial charge in [-0.3, -0.25) is 4.79 Å². The highest BCUT2D eigenvalue weighted by Crippen LogP contribution is 2.33. The summed E-state index contributed by atoms with van der Waals surface area (Å²) in [7, 11) is 0. The van der Waals surface area contributed by atoms with Gasteiger partial charge < -0.3 is 9.88 Å². The third-order valence-corrected chi connectivity index (χ3v) is 4.78. The average Bonchev–Trinajstić information content (AvgIpc) is 3.13. The molecule has 2 heterocycles. The summed E-state index contributed by atoms with van der Waals surface area (Å²) < 4.78 is 39.2. The van der Waals surface area contributed by atoms with Crippen LogP contribution in [0.2, 0.25) is 0 Å². The number of alkyl halides is 3. The molecular weight excluding hydrogens is 329 g/mol. The van der Waals surface area contributed by atoms with Gasteiger partial charge in [0.1, 0.15) is 5.69 Å². The van der Waals surface area contributed by atoms with Crippen molar-refractivity contribution in [1.82, 2.24) is 9.88 Å². The van der Waals surface area contributed by atoms with Crippen molar-refractivity contribution < 1.29 is 18.0 Å². The summed E-state index contributed by atoms with van der Waals surface area (Å²) in [6.45, 7) is 1.31. The Hall–Kier alpha value is -2.24. The number of rotatable bonds is 4. The number of aromatic nitrogens is 1. The Kier molecular flexibility index (Phi) is 5.16. The summed E-state index contributed by atoms with van der Waals surface area (Å²) in [4.78, 5) is 17.1. The highest BCUT2D eigenvalue weighted by molar-refractivity contribution is 5.92. The molecular formula is C19H21F3N2O. The van der Waals surface area contributed by atoms with Crippen molar-refractivity contribution in [2.24, 2.45) is 5.92 Å². The van der Waals surface area contributed by atoms with Crippen molar-refractivity contribution in [3.8, 4) is 0 Å². The number of hydrogen-bond donors (Lipinski definition) is 1. The lowest BCUT2D eigenvalue weighted by molar-refractivity contribution is -0.138. The van der Waals surface area contributed by atoms with Gasteiger partial charge in [-0.25, -0.2) is 0 Å². The fourth-order valence-corrected chi connectivity index (χ4v) is 3.49.